The highest BCUT2D eigenvalue weighted by atomic mass is 32.2. The fourth-order valence-electron chi connectivity index (χ4n) is 1.53. The molecule has 0 radical (unpaired) electrons. The van der Waals surface area contributed by atoms with E-state index in [9.17, 15) is 17.6 Å². The van der Waals surface area contributed by atoms with Crippen molar-refractivity contribution in [3.8, 4) is 0 Å². The molecule has 9 heteroatoms. The van der Waals surface area contributed by atoms with Crippen molar-refractivity contribution >= 4 is 15.9 Å². The summed E-state index contributed by atoms with van der Waals surface area (Å²) in [6, 6.07) is 4.95. The number of hydrogen-bond donors (Lipinski definition) is 2. The van der Waals surface area contributed by atoms with Crippen molar-refractivity contribution in [3.63, 3.8) is 0 Å². The Morgan fingerprint density at radius 1 is 1.23 bits per heavy atom. The van der Waals surface area contributed by atoms with Crippen molar-refractivity contribution < 1.29 is 27.1 Å². The second-order valence-corrected chi connectivity index (χ2v) is 6.26. The summed E-state index contributed by atoms with van der Waals surface area (Å²) < 4.78 is 48.2. The van der Waals surface area contributed by atoms with E-state index in [1.54, 1.807) is 0 Å². The first-order valence-electron chi connectivity index (χ1n) is 6.44. The Kier molecular flexibility index (Phi) is 7.39. The number of carbonyl (C=O) groups is 1. The molecule has 0 aliphatic heterocycles. The molecule has 0 heterocycles. The van der Waals surface area contributed by atoms with Crippen LogP contribution in [0.3, 0.4) is 0 Å². The van der Waals surface area contributed by atoms with Crippen LogP contribution in [0.1, 0.15) is 10.4 Å². The maximum Gasteiger partial charge on any atom is 0.251 e. The van der Waals surface area contributed by atoms with Gasteiger partial charge in [-0.1, -0.05) is 0 Å². The molecular formula is C13H19FN2O5S. The van der Waals surface area contributed by atoms with Gasteiger partial charge in [-0.15, -0.1) is 0 Å². The van der Waals surface area contributed by atoms with E-state index < -0.39 is 28.0 Å². The van der Waals surface area contributed by atoms with Crippen LogP contribution in [0.25, 0.3) is 0 Å². The van der Waals surface area contributed by atoms with Crippen molar-refractivity contribution in [1.29, 1.82) is 0 Å². The van der Waals surface area contributed by atoms with Gasteiger partial charge in [0, 0.05) is 26.3 Å². The van der Waals surface area contributed by atoms with Gasteiger partial charge in [0.2, 0.25) is 10.0 Å². The lowest BCUT2D eigenvalue weighted by Crippen LogP contribution is -2.38. The van der Waals surface area contributed by atoms with E-state index in [-0.39, 0.29) is 24.4 Å². The topological polar surface area (TPSA) is 93.7 Å². The molecule has 22 heavy (non-hydrogen) atoms. The third kappa shape index (κ3) is 6.48. The SMILES string of the molecule is COC(CNS(=O)(=O)CCNC(=O)c1ccc(F)cc1)OC. The summed E-state index contributed by atoms with van der Waals surface area (Å²) in [7, 11) is -0.778. The molecule has 0 atom stereocenters. The van der Waals surface area contributed by atoms with Crippen LogP contribution in [0.4, 0.5) is 4.39 Å². The number of hydrogen-bond acceptors (Lipinski definition) is 5. The maximum absolute atomic E-state index is 12.7. The number of benzene rings is 1. The molecule has 0 saturated carbocycles. The Labute approximate surface area is 128 Å². The summed E-state index contributed by atoms with van der Waals surface area (Å²) >= 11 is 0. The zero-order valence-corrected chi connectivity index (χ0v) is 13.2. The molecule has 1 rings (SSSR count). The summed E-state index contributed by atoms with van der Waals surface area (Å²) in [5, 5.41) is 2.45. The largest absolute Gasteiger partial charge is 0.355 e. The highest BCUT2D eigenvalue weighted by molar-refractivity contribution is 7.89. The van der Waals surface area contributed by atoms with Gasteiger partial charge in [-0.2, -0.15) is 0 Å². The molecule has 0 bridgehead atoms. The molecule has 1 aromatic carbocycles. The monoisotopic (exact) mass is 334 g/mol. The average molecular weight is 334 g/mol. The Bertz CT molecular complexity index is 573. The predicted molar refractivity (Wildman–Crippen MR) is 78.3 cm³/mol. The number of halogens is 1. The fraction of sp³-hybridized carbons (Fsp3) is 0.462. The Morgan fingerprint density at radius 3 is 2.36 bits per heavy atom. The second kappa shape index (κ2) is 8.79. The van der Waals surface area contributed by atoms with Gasteiger partial charge < -0.3 is 14.8 Å². The van der Waals surface area contributed by atoms with Crippen LogP contribution >= 0.6 is 0 Å². The molecule has 0 spiro atoms. The minimum absolute atomic E-state index is 0.0265. The third-order valence-electron chi connectivity index (χ3n) is 2.76. The van der Waals surface area contributed by atoms with E-state index in [1.165, 1.54) is 26.4 Å². The summed E-state index contributed by atoms with van der Waals surface area (Å²) in [6.45, 7) is -0.0998. The summed E-state index contributed by atoms with van der Waals surface area (Å²) in [4.78, 5) is 11.7. The Balaban J connectivity index is 2.39. The van der Waals surface area contributed by atoms with E-state index >= 15 is 0 Å². The van der Waals surface area contributed by atoms with E-state index in [0.717, 1.165) is 12.1 Å². The zero-order valence-electron chi connectivity index (χ0n) is 12.3. The lowest BCUT2D eigenvalue weighted by molar-refractivity contribution is -0.0960. The molecule has 0 saturated heterocycles. The van der Waals surface area contributed by atoms with Crippen molar-refractivity contribution in [2.24, 2.45) is 0 Å². The van der Waals surface area contributed by atoms with Crippen molar-refractivity contribution in [3.05, 3.63) is 35.6 Å². The predicted octanol–water partition coefficient (Wildman–Crippen LogP) is 0.0938. The lowest BCUT2D eigenvalue weighted by Gasteiger charge is -2.14. The highest BCUT2D eigenvalue weighted by Gasteiger charge is 2.14. The summed E-state index contributed by atoms with van der Waals surface area (Å²) in [5.41, 5.74) is 0.255. The van der Waals surface area contributed by atoms with Crippen LogP contribution in [0.2, 0.25) is 0 Å². The number of rotatable bonds is 9. The van der Waals surface area contributed by atoms with Crippen LogP contribution in [0, 0.1) is 5.82 Å². The molecule has 0 fully saturated rings. The van der Waals surface area contributed by atoms with Gasteiger partial charge in [-0.3, -0.25) is 4.79 Å². The molecule has 0 unspecified atom stereocenters. The number of carbonyl (C=O) groups excluding carboxylic acids is 1. The van der Waals surface area contributed by atoms with E-state index in [1.807, 2.05) is 0 Å². The smallest absolute Gasteiger partial charge is 0.251 e. The normalized spacial score (nSPS) is 11.6. The molecule has 7 nitrogen and oxygen atoms in total. The van der Waals surface area contributed by atoms with Crippen molar-refractivity contribution in [1.82, 2.24) is 10.0 Å². The third-order valence-corrected chi connectivity index (χ3v) is 4.11. The fourth-order valence-corrected chi connectivity index (χ4v) is 2.44. The Morgan fingerprint density at radius 2 is 1.82 bits per heavy atom. The number of sulfonamides is 1. The van der Waals surface area contributed by atoms with Gasteiger partial charge in [0.05, 0.1) is 12.3 Å². The first kappa shape index (κ1) is 18.5. The van der Waals surface area contributed by atoms with E-state index in [2.05, 4.69) is 10.0 Å². The zero-order chi connectivity index (χ0) is 16.6. The first-order valence-corrected chi connectivity index (χ1v) is 8.10. The summed E-state index contributed by atoms with van der Waals surface area (Å²) in [5.74, 6) is -1.21. The molecule has 124 valence electrons. The van der Waals surface area contributed by atoms with Crippen LogP contribution in [-0.2, 0) is 19.5 Å². The minimum atomic E-state index is -3.57. The number of ether oxygens (including phenoxy) is 2. The van der Waals surface area contributed by atoms with Gasteiger partial charge in [0.25, 0.3) is 5.91 Å². The minimum Gasteiger partial charge on any atom is -0.355 e. The average Bonchev–Trinajstić information content (AvgIpc) is 2.48. The van der Waals surface area contributed by atoms with Gasteiger partial charge in [-0.25, -0.2) is 17.5 Å². The molecule has 1 amide bonds. The van der Waals surface area contributed by atoms with Gasteiger partial charge in [0.15, 0.2) is 6.29 Å². The highest BCUT2D eigenvalue weighted by Crippen LogP contribution is 2.02. The lowest BCUT2D eigenvalue weighted by atomic mass is 10.2. The standard InChI is InChI=1S/C13H19FN2O5S/c1-20-12(21-2)9-16-22(18,19)8-7-15-13(17)10-3-5-11(14)6-4-10/h3-6,12,16H,7-9H2,1-2H3,(H,15,17). The number of nitrogens with one attached hydrogen (secondary N) is 2. The maximum atomic E-state index is 12.7. The quantitative estimate of drug-likeness (QED) is 0.625. The van der Waals surface area contributed by atoms with Gasteiger partial charge >= 0.3 is 0 Å². The Hall–Kier alpha value is -1.55. The van der Waals surface area contributed by atoms with Crippen LogP contribution in [-0.4, -0.2) is 53.7 Å². The van der Waals surface area contributed by atoms with Crippen LogP contribution in [0.15, 0.2) is 24.3 Å². The van der Waals surface area contributed by atoms with Crippen molar-refractivity contribution in [2.75, 3.05) is 33.1 Å². The first-order chi connectivity index (χ1) is 10.4. The number of amides is 1. The second-order valence-electron chi connectivity index (χ2n) is 4.33. The molecule has 2 N–H and O–H groups in total. The molecule has 0 aliphatic carbocycles. The molecule has 0 aliphatic rings. The van der Waals surface area contributed by atoms with E-state index in [0.29, 0.717) is 0 Å². The summed E-state index contributed by atoms with van der Waals surface area (Å²) in [6.07, 6.45) is -0.677. The van der Waals surface area contributed by atoms with Gasteiger partial charge in [-0.05, 0) is 24.3 Å². The van der Waals surface area contributed by atoms with Crippen LogP contribution < -0.4 is 10.0 Å². The van der Waals surface area contributed by atoms with Gasteiger partial charge in [0.1, 0.15) is 5.82 Å². The van der Waals surface area contributed by atoms with E-state index in [4.69, 9.17) is 9.47 Å². The van der Waals surface area contributed by atoms with Crippen molar-refractivity contribution in [2.45, 2.75) is 6.29 Å². The molecule has 0 aromatic heterocycles. The molecule has 1 aromatic rings. The van der Waals surface area contributed by atoms with Crippen LogP contribution in [0.5, 0.6) is 0 Å². The number of methoxy groups -OCH3 is 2. The molecular weight excluding hydrogens is 315 g/mol.